The first-order chi connectivity index (χ1) is 15.9. The summed E-state index contributed by atoms with van der Waals surface area (Å²) in [5.41, 5.74) is 3.27. The van der Waals surface area contributed by atoms with Gasteiger partial charge in [0.2, 0.25) is 0 Å². The fraction of sp³-hybridized carbons (Fsp3) is 0.190. The predicted molar refractivity (Wildman–Crippen MR) is 110 cm³/mol. The van der Waals surface area contributed by atoms with E-state index in [-0.39, 0.29) is 28.2 Å². The number of guanidine groups is 1. The molecule has 0 radical (unpaired) electrons. The third kappa shape index (κ3) is 3.74. The Labute approximate surface area is 189 Å². The molecule has 176 valence electrons. The molecule has 0 aliphatic carbocycles. The number of aromatic carboxylic acids is 1. The normalized spacial score (nSPS) is 18.3. The van der Waals surface area contributed by atoms with Crippen molar-refractivity contribution >= 4 is 17.8 Å². The minimum absolute atomic E-state index is 0.00165. The summed E-state index contributed by atoms with van der Waals surface area (Å²) in [4.78, 5) is 37.9. The molecular formula is C21H16F4N6O3. The van der Waals surface area contributed by atoms with Gasteiger partial charge in [-0.1, -0.05) is 6.07 Å². The average molecular weight is 476 g/mol. The van der Waals surface area contributed by atoms with Gasteiger partial charge in [0.25, 0.3) is 5.91 Å². The van der Waals surface area contributed by atoms with Crippen LogP contribution >= 0.6 is 0 Å². The van der Waals surface area contributed by atoms with Crippen LogP contribution in [-0.2, 0) is 16.9 Å². The van der Waals surface area contributed by atoms with E-state index in [9.17, 15) is 32.3 Å². The van der Waals surface area contributed by atoms with Crippen molar-refractivity contribution in [3.63, 3.8) is 0 Å². The highest BCUT2D eigenvalue weighted by molar-refractivity contribution is 6.09. The third-order valence-electron chi connectivity index (χ3n) is 5.38. The highest BCUT2D eigenvalue weighted by atomic mass is 19.4. The minimum Gasteiger partial charge on any atom is -0.477 e. The van der Waals surface area contributed by atoms with Gasteiger partial charge in [-0.25, -0.2) is 24.1 Å². The van der Waals surface area contributed by atoms with Crippen LogP contribution in [0.25, 0.3) is 11.1 Å². The van der Waals surface area contributed by atoms with Gasteiger partial charge < -0.3 is 15.4 Å². The molecule has 1 unspecified atom stereocenters. The average Bonchev–Trinajstić information content (AvgIpc) is 3.29. The molecule has 3 aromatic rings. The molecule has 0 fully saturated rings. The number of hydrogen-bond donors (Lipinski definition) is 2. The number of carboxylic acid groups (broad SMARTS) is 1. The molecule has 34 heavy (non-hydrogen) atoms. The Morgan fingerprint density at radius 1 is 1.18 bits per heavy atom. The fourth-order valence-corrected chi connectivity index (χ4v) is 3.81. The summed E-state index contributed by atoms with van der Waals surface area (Å²) >= 11 is 0. The van der Waals surface area contributed by atoms with E-state index < -0.39 is 41.6 Å². The van der Waals surface area contributed by atoms with Crippen molar-refractivity contribution in [3.05, 3.63) is 71.8 Å². The number of carbonyl (C=O) groups is 2. The zero-order chi connectivity index (χ0) is 24.8. The Hall–Kier alpha value is -4.29. The van der Waals surface area contributed by atoms with Crippen LogP contribution in [0.2, 0.25) is 0 Å². The van der Waals surface area contributed by atoms with Crippen LogP contribution in [0.1, 0.15) is 21.6 Å². The summed E-state index contributed by atoms with van der Waals surface area (Å²) in [6.07, 6.45) is 0.0705. The van der Waals surface area contributed by atoms with Crippen molar-refractivity contribution in [1.29, 1.82) is 0 Å². The van der Waals surface area contributed by atoms with Gasteiger partial charge in [-0.05, 0) is 23.8 Å². The maximum atomic E-state index is 14.7. The molecule has 1 atom stereocenters. The molecule has 9 nitrogen and oxygen atoms in total. The van der Waals surface area contributed by atoms with Gasteiger partial charge in [-0.2, -0.15) is 13.2 Å². The zero-order valence-electron chi connectivity index (χ0n) is 17.4. The number of aliphatic imine (C=N–C) groups is 1. The summed E-state index contributed by atoms with van der Waals surface area (Å²) < 4.78 is 54.4. The van der Waals surface area contributed by atoms with Crippen molar-refractivity contribution in [2.24, 2.45) is 10.7 Å². The van der Waals surface area contributed by atoms with Crippen LogP contribution < -0.4 is 5.73 Å². The van der Waals surface area contributed by atoms with Crippen LogP contribution in [-0.4, -0.2) is 55.6 Å². The topological polar surface area (TPSA) is 127 Å². The smallest absolute Gasteiger partial charge is 0.406 e. The number of likely N-dealkylation sites (N-methyl/N-ethyl adjacent to an activating group) is 1. The Bertz CT molecular complexity index is 1320. The lowest BCUT2D eigenvalue weighted by molar-refractivity contribution is -0.140. The van der Waals surface area contributed by atoms with E-state index in [1.54, 1.807) is 0 Å². The summed E-state index contributed by atoms with van der Waals surface area (Å²) in [7, 11) is 1.31. The monoisotopic (exact) mass is 476 g/mol. The van der Waals surface area contributed by atoms with E-state index in [2.05, 4.69) is 15.0 Å². The molecule has 3 N–H and O–H groups in total. The molecule has 1 aromatic carbocycles. The number of amides is 1. The Balaban J connectivity index is 1.98. The summed E-state index contributed by atoms with van der Waals surface area (Å²) in [5.74, 6) is -3.32. The van der Waals surface area contributed by atoms with Crippen LogP contribution in [0.4, 0.5) is 17.6 Å². The van der Waals surface area contributed by atoms with Gasteiger partial charge in [0, 0.05) is 42.3 Å². The van der Waals surface area contributed by atoms with E-state index >= 15 is 0 Å². The SMILES string of the molecule is CN1C(=O)C(c2ccc(F)c(-c3cncnc3)c2)(c2cc(C(=O)O)n(CC(F)(F)F)c2)N=C1N. The van der Waals surface area contributed by atoms with E-state index in [0.717, 1.165) is 23.2 Å². The van der Waals surface area contributed by atoms with Gasteiger partial charge in [-0.15, -0.1) is 0 Å². The predicted octanol–water partition coefficient (Wildman–Crippen LogP) is 2.38. The Kier molecular flexibility index (Phi) is 5.34. The fourth-order valence-electron chi connectivity index (χ4n) is 3.81. The van der Waals surface area contributed by atoms with Gasteiger partial charge in [0.15, 0.2) is 11.5 Å². The van der Waals surface area contributed by atoms with Crippen molar-refractivity contribution in [2.75, 3.05) is 7.05 Å². The number of alkyl halides is 3. The van der Waals surface area contributed by atoms with Crippen LogP contribution in [0.15, 0.2) is 54.2 Å². The third-order valence-corrected chi connectivity index (χ3v) is 5.38. The first-order valence-corrected chi connectivity index (χ1v) is 9.63. The standard InChI is InChI=1S/C21H16F4N6O3/c1-30-18(34)21(29-19(30)26,13-5-16(17(32)33)31(8-13)9-20(23,24)25)12-2-3-15(22)14(4-12)11-6-27-10-28-7-11/h2-8,10H,9H2,1H3,(H2,26,29)(H,32,33). The molecule has 3 heterocycles. The summed E-state index contributed by atoms with van der Waals surface area (Å²) in [6, 6.07) is 4.50. The van der Waals surface area contributed by atoms with Crippen molar-refractivity contribution in [2.45, 2.75) is 18.3 Å². The number of hydrogen-bond acceptors (Lipinski definition) is 6. The van der Waals surface area contributed by atoms with Crippen molar-refractivity contribution in [3.8, 4) is 11.1 Å². The van der Waals surface area contributed by atoms with Crippen molar-refractivity contribution in [1.82, 2.24) is 19.4 Å². The summed E-state index contributed by atoms with van der Waals surface area (Å²) in [6.45, 7) is -1.61. The van der Waals surface area contributed by atoms with E-state index in [1.165, 1.54) is 37.9 Å². The molecule has 0 saturated carbocycles. The number of carbonyl (C=O) groups excluding carboxylic acids is 1. The maximum absolute atomic E-state index is 14.7. The molecular weight excluding hydrogens is 460 g/mol. The van der Waals surface area contributed by atoms with Crippen LogP contribution in [0.5, 0.6) is 0 Å². The second-order valence-corrected chi connectivity index (χ2v) is 7.53. The van der Waals surface area contributed by atoms with Gasteiger partial charge in [0.05, 0.1) is 0 Å². The zero-order valence-corrected chi connectivity index (χ0v) is 17.4. The molecule has 0 spiro atoms. The first kappa shape index (κ1) is 22.9. The lowest BCUT2D eigenvalue weighted by atomic mass is 9.83. The maximum Gasteiger partial charge on any atom is 0.406 e. The van der Waals surface area contributed by atoms with Crippen LogP contribution in [0.3, 0.4) is 0 Å². The first-order valence-electron chi connectivity index (χ1n) is 9.63. The number of rotatable bonds is 5. The van der Waals surface area contributed by atoms with E-state index in [1.807, 2.05) is 0 Å². The number of carboxylic acids is 1. The number of nitrogens with zero attached hydrogens (tertiary/aromatic N) is 5. The molecule has 1 aliphatic rings. The number of halogens is 4. The van der Waals surface area contributed by atoms with Crippen LogP contribution in [0, 0.1) is 5.82 Å². The highest BCUT2D eigenvalue weighted by Crippen LogP contribution is 2.42. The lowest BCUT2D eigenvalue weighted by Crippen LogP contribution is -2.41. The molecule has 1 amide bonds. The molecule has 2 aromatic heterocycles. The Morgan fingerprint density at radius 3 is 2.41 bits per heavy atom. The van der Waals surface area contributed by atoms with Gasteiger partial charge >= 0.3 is 12.1 Å². The molecule has 13 heteroatoms. The number of benzene rings is 1. The lowest BCUT2D eigenvalue weighted by Gasteiger charge is -2.25. The van der Waals surface area contributed by atoms with Crippen molar-refractivity contribution < 1.29 is 32.3 Å². The largest absolute Gasteiger partial charge is 0.477 e. The second-order valence-electron chi connectivity index (χ2n) is 7.53. The number of aromatic nitrogens is 3. The Morgan fingerprint density at radius 2 is 1.85 bits per heavy atom. The molecule has 0 saturated heterocycles. The molecule has 1 aliphatic heterocycles. The molecule has 4 rings (SSSR count). The highest BCUT2D eigenvalue weighted by Gasteiger charge is 2.51. The molecule has 0 bridgehead atoms. The van der Waals surface area contributed by atoms with E-state index in [0.29, 0.717) is 4.57 Å². The second kappa shape index (κ2) is 7.93. The van der Waals surface area contributed by atoms with E-state index in [4.69, 9.17) is 5.73 Å². The number of nitrogens with two attached hydrogens (primary N) is 1. The minimum atomic E-state index is -4.73. The van der Waals surface area contributed by atoms with Gasteiger partial charge in [0.1, 0.15) is 24.4 Å². The summed E-state index contributed by atoms with van der Waals surface area (Å²) in [5, 5.41) is 9.46. The quantitative estimate of drug-likeness (QED) is 0.545. The van der Waals surface area contributed by atoms with Gasteiger partial charge in [-0.3, -0.25) is 9.69 Å².